The Balaban J connectivity index is 1.71. The number of fused-ring (bicyclic) bond motifs is 4. The largest absolute Gasteiger partial charge is 0.508 e. The van der Waals surface area contributed by atoms with E-state index in [4.69, 9.17) is 14.6 Å². The van der Waals surface area contributed by atoms with E-state index in [0.717, 1.165) is 24.0 Å². The molecule has 0 saturated carbocycles. The third-order valence-electron chi connectivity index (χ3n) is 7.64. The number of benzene rings is 3. The van der Waals surface area contributed by atoms with Gasteiger partial charge in [0.25, 0.3) is 0 Å². The van der Waals surface area contributed by atoms with Gasteiger partial charge in [-0.15, -0.1) is 0 Å². The minimum absolute atomic E-state index is 0.0600. The first kappa shape index (κ1) is 15.4. The Morgan fingerprint density at radius 1 is 0.914 bits per heavy atom. The molecule has 1 aliphatic rings. The number of pyridine rings is 1. The van der Waals surface area contributed by atoms with Gasteiger partial charge in [0.1, 0.15) is 11.6 Å². The smallest absolute Gasteiger partial charge is 0.137 e. The summed E-state index contributed by atoms with van der Waals surface area (Å²) in [4.78, 5) is 4.74. The topological polar surface area (TPSA) is 38.0 Å². The fourth-order valence-electron chi connectivity index (χ4n) is 5.68. The average molecular weight is 468 g/mol. The molecule has 0 unspecified atom stereocenters. The van der Waals surface area contributed by atoms with E-state index in [2.05, 4.69) is 33.8 Å². The van der Waals surface area contributed by atoms with Gasteiger partial charge in [-0.3, -0.25) is 4.57 Å². The van der Waals surface area contributed by atoms with Crippen molar-refractivity contribution in [2.45, 2.75) is 58.2 Å². The zero-order chi connectivity index (χ0) is 30.5. The van der Waals surface area contributed by atoms with Crippen molar-refractivity contribution in [3.63, 3.8) is 0 Å². The number of hydrogen-bond donors (Lipinski definition) is 1. The highest BCUT2D eigenvalue weighted by atomic mass is 16.3. The normalized spacial score (nSPS) is 19.7. The SMILES string of the molecule is [2H]c1c([2H])c([2H])c2c(c1[2H])c1ccc(O)cc1n2-c1cc(C([2H])([2H])[2H])c(-c2cccc3c2C(C)(C)CCC3(C)C)cn1. The van der Waals surface area contributed by atoms with Crippen LogP contribution in [0.5, 0.6) is 5.75 Å². The molecule has 0 spiro atoms. The van der Waals surface area contributed by atoms with Crippen LogP contribution in [0.2, 0.25) is 0 Å². The van der Waals surface area contributed by atoms with Crippen molar-refractivity contribution < 1.29 is 14.7 Å². The second-order valence-corrected chi connectivity index (χ2v) is 10.8. The van der Waals surface area contributed by atoms with E-state index in [1.165, 1.54) is 28.3 Å². The first-order valence-corrected chi connectivity index (χ1v) is 11.9. The maximum Gasteiger partial charge on any atom is 0.137 e. The van der Waals surface area contributed by atoms with Gasteiger partial charge in [-0.05, 0) is 77.0 Å². The highest BCUT2D eigenvalue weighted by Gasteiger charge is 2.38. The van der Waals surface area contributed by atoms with Crippen LogP contribution in [0.15, 0.2) is 72.8 Å². The molecule has 35 heavy (non-hydrogen) atoms. The summed E-state index contributed by atoms with van der Waals surface area (Å²) in [5.74, 6) is 0.125. The number of aryl methyl sites for hydroxylation is 1. The van der Waals surface area contributed by atoms with Gasteiger partial charge in [-0.1, -0.05) is 64.0 Å². The quantitative estimate of drug-likeness (QED) is 0.284. The molecule has 1 aliphatic carbocycles. The maximum atomic E-state index is 10.4. The van der Waals surface area contributed by atoms with Gasteiger partial charge in [-0.25, -0.2) is 4.98 Å². The van der Waals surface area contributed by atoms with Crippen LogP contribution in [0.25, 0.3) is 38.8 Å². The summed E-state index contributed by atoms with van der Waals surface area (Å²) in [7, 11) is 0. The summed E-state index contributed by atoms with van der Waals surface area (Å²) < 4.78 is 61.0. The molecular formula is C32H32N2O. The molecule has 176 valence electrons. The molecule has 1 N–H and O–H groups in total. The molecule has 0 aliphatic heterocycles. The van der Waals surface area contributed by atoms with Crippen molar-refractivity contribution in [3.05, 3.63) is 89.5 Å². The molecule has 5 aromatic rings. The highest BCUT2D eigenvalue weighted by Crippen LogP contribution is 2.49. The number of aromatic hydroxyl groups is 1. The van der Waals surface area contributed by atoms with Crippen molar-refractivity contribution in [2.75, 3.05) is 0 Å². The Bertz CT molecular complexity index is 1940. The Morgan fingerprint density at radius 3 is 2.54 bits per heavy atom. The van der Waals surface area contributed by atoms with Crippen LogP contribution in [-0.2, 0) is 10.8 Å². The predicted molar refractivity (Wildman–Crippen MR) is 146 cm³/mol. The molecule has 0 atom stereocenters. The lowest BCUT2D eigenvalue weighted by Gasteiger charge is -2.43. The van der Waals surface area contributed by atoms with Crippen molar-refractivity contribution in [2.24, 2.45) is 0 Å². The van der Waals surface area contributed by atoms with Crippen molar-refractivity contribution >= 4 is 21.8 Å². The number of rotatable bonds is 2. The molecule has 0 amide bonds. The average Bonchev–Trinajstić information content (AvgIpc) is 3.26. The molecule has 2 aromatic heterocycles. The van der Waals surface area contributed by atoms with Gasteiger partial charge >= 0.3 is 0 Å². The summed E-state index contributed by atoms with van der Waals surface area (Å²) in [5, 5.41) is 11.1. The monoisotopic (exact) mass is 467 g/mol. The lowest BCUT2D eigenvalue weighted by atomic mass is 9.61. The first-order chi connectivity index (χ1) is 19.5. The van der Waals surface area contributed by atoms with E-state index in [1.54, 1.807) is 12.3 Å². The third kappa shape index (κ3) is 3.29. The summed E-state index contributed by atoms with van der Waals surface area (Å²) >= 11 is 0. The van der Waals surface area contributed by atoms with Gasteiger partial charge in [0, 0.05) is 32.7 Å². The number of phenols is 1. The van der Waals surface area contributed by atoms with Crippen LogP contribution < -0.4 is 0 Å². The molecule has 0 saturated heterocycles. The zero-order valence-corrected chi connectivity index (χ0v) is 20.4. The standard InChI is InChI=1S/C32H32N2O/c1-20-17-29(34-27-12-7-6-9-22(27)23-14-13-21(35)18-28(23)34)33-19-25(20)24-10-8-11-26-30(24)32(4,5)16-15-31(26,2)3/h6-14,17-19,35H,15-16H2,1-5H3/i1D3,6D,7D,9D,12D. The van der Waals surface area contributed by atoms with Crippen LogP contribution in [0.4, 0.5) is 0 Å². The lowest BCUT2D eigenvalue weighted by molar-refractivity contribution is 0.333. The number of para-hydroxylation sites is 1. The van der Waals surface area contributed by atoms with Gasteiger partial charge in [0.05, 0.1) is 16.5 Å². The molecule has 3 heteroatoms. The Hall–Kier alpha value is -3.59. The van der Waals surface area contributed by atoms with E-state index < -0.39 is 12.9 Å². The van der Waals surface area contributed by atoms with E-state index >= 15 is 0 Å². The molecular weight excluding hydrogens is 428 g/mol. The third-order valence-corrected chi connectivity index (χ3v) is 7.64. The Labute approximate surface area is 216 Å². The van der Waals surface area contributed by atoms with Crippen LogP contribution in [0.1, 0.15) is 66.8 Å². The molecule has 0 fully saturated rings. The first-order valence-electron chi connectivity index (χ1n) is 15.4. The van der Waals surface area contributed by atoms with Gasteiger partial charge in [0.15, 0.2) is 0 Å². The second kappa shape index (κ2) is 7.45. The second-order valence-electron chi connectivity index (χ2n) is 10.8. The number of phenolic OH excluding ortho intramolecular Hbond substituents is 1. The van der Waals surface area contributed by atoms with Crippen LogP contribution in [0.3, 0.4) is 0 Å². The van der Waals surface area contributed by atoms with Crippen molar-refractivity contribution in [3.8, 4) is 22.7 Å². The fraction of sp³-hybridized carbons (Fsp3) is 0.281. The number of aromatic nitrogens is 2. The van der Waals surface area contributed by atoms with Gasteiger partial charge in [-0.2, -0.15) is 0 Å². The van der Waals surface area contributed by atoms with E-state index in [9.17, 15) is 5.11 Å². The molecule has 3 nitrogen and oxygen atoms in total. The lowest BCUT2D eigenvalue weighted by Crippen LogP contribution is -2.34. The Kier molecular flexibility index (Phi) is 3.28. The molecule has 3 aromatic carbocycles. The predicted octanol–water partition coefficient (Wildman–Crippen LogP) is 8.21. The molecule has 6 rings (SSSR count). The molecule has 0 bridgehead atoms. The van der Waals surface area contributed by atoms with Crippen molar-refractivity contribution in [1.29, 1.82) is 0 Å². The van der Waals surface area contributed by atoms with E-state index in [-0.39, 0.29) is 57.0 Å². The molecule has 0 radical (unpaired) electrons. The maximum absolute atomic E-state index is 10.4. The van der Waals surface area contributed by atoms with Crippen LogP contribution >= 0.6 is 0 Å². The minimum Gasteiger partial charge on any atom is -0.508 e. The minimum atomic E-state index is -2.51. The van der Waals surface area contributed by atoms with Crippen LogP contribution in [-0.4, -0.2) is 14.7 Å². The highest BCUT2D eigenvalue weighted by molar-refractivity contribution is 6.09. The Morgan fingerprint density at radius 2 is 1.71 bits per heavy atom. The summed E-state index contributed by atoms with van der Waals surface area (Å²) in [6, 6.07) is 10.8. The number of hydrogen-bond acceptors (Lipinski definition) is 2. The van der Waals surface area contributed by atoms with Crippen LogP contribution in [0, 0.1) is 6.85 Å². The molecule has 2 heterocycles. The fourth-order valence-corrected chi connectivity index (χ4v) is 5.68. The van der Waals surface area contributed by atoms with Gasteiger partial charge in [0.2, 0.25) is 0 Å². The van der Waals surface area contributed by atoms with Gasteiger partial charge < -0.3 is 5.11 Å². The van der Waals surface area contributed by atoms with E-state index in [1.807, 2.05) is 12.1 Å². The summed E-state index contributed by atoms with van der Waals surface area (Å²) in [6.07, 6.45) is 3.54. The summed E-state index contributed by atoms with van der Waals surface area (Å²) in [6.45, 7) is 6.31. The summed E-state index contributed by atoms with van der Waals surface area (Å²) in [5.41, 5.74) is 4.07. The van der Waals surface area contributed by atoms with E-state index in [0.29, 0.717) is 16.5 Å². The number of nitrogens with zero attached hydrogens (tertiary/aromatic N) is 2. The van der Waals surface area contributed by atoms with Crippen molar-refractivity contribution in [1.82, 2.24) is 9.55 Å². The zero-order valence-electron chi connectivity index (χ0n) is 27.4.